The highest BCUT2D eigenvalue weighted by Gasteiger charge is 2.45. The number of nitrogens with one attached hydrogen (secondary N) is 1. The normalized spacial score (nSPS) is 20.6. The zero-order chi connectivity index (χ0) is 20.1. The largest absolute Gasteiger partial charge is 0.485 e. The topological polar surface area (TPSA) is 39.7 Å². The Morgan fingerprint density at radius 3 is 2.75 bits per heavy atom. The van der Waals surface area contributed by atoms with Crippen LogP contribution in [0, 0.1) is 0 Å². The molecule has 0 aliphatic carbocycles. The smallest absolute Gasteiger partial charge is 0.132 e. The van der Waals surface area contributed by atoms with Gasteiger partial charge in [0.1, 0.15) is 23.6 Å². The van der Waals surface area contributed by atoms with Crippen molar-refractivity contribution >= 4 is 17.3 Å². The molecule has 2 atom stereocenters. The second-order valence-corrected chi connectivity index (χ2v) is 7.86. The van der Waals surface area contributed by atoms with Crippen LogP contribution in [0.5, 0.6) is 5.75 Å². The maximum atomic E-state index is 6.25. The molecule has 2 aromatic carbocycles. The number of rotatable bonds is 7. The third-order valence-corrected chi connectivity index (χ3v) is 5.13. The van der Waals surface area contributed by atoms with E-state index in [4.69, 9.17) is 25.8 Å². The summed E-state index contributed by atoms with van der Waals surface area (Å²) in [6, 6.07) is 13.9. The van der Waals surface area contributed by atoms with E-state index in [0.29, 0.717) is 13.2 Å². The Bertz CT molecular complexity index is 834. The summed E-state index contributed by atoms with van der Waals surface area (Å²) in [7, 11) is 1.72. The Kier molecular flexibility index (Phi) is 6.65. The Labute approximate surface area is 172 Å². The fourth-order valence-electron chi connectivity index (χ4n) is 3.49. The van der Waals surface area contributed by atoms with Crippen molar-refractivity contribution in [1.82, 2.24) is 0 Å². The molecule has 28 heavy (non-hydrogen) atoms. The minimum Gasteiger partial charge on any atom is -0.485 e. The first-order valence-electron chi connectivity index (χ1n) is 9.51. The van der Waals surface area contributed by atoms with Crippen LogP contribution in [0.2, 0.25) is 5.02 Å². The van der Waals surface area contributed by atoms with Gasteiger partial charge >= 0.3 is 0 Å². The number of allylic oxidation sites excluding steroid dienone is 1. The van der Waals surface area contributed by atoms with Crippen LogP contribution >= 0.6 is 11.6 Å². The molecular weight excluding hydrogens is 374 g/mol. The molecule has 0 radical (unpaired) electrons. The van der Waals surface area contributed by atoms with Crippen molar-refractivity contribution in [1.29, 1.82) is 0 Å². The minimum absolute atomic E-state index is 0.211. The first-order valence-corrected chi connectivity index (χ1v) is 9.89. The summed E-state index contributed by atoms with van der Waals surface area (Å²) in [5.74, 6) is 0.830. The van der Waals surface area contributed by atoms with Crippen LogP contribution < -0.4 is 10.1 Å². The van der Waals surface area contributed by atoms with Crippen LogP contribution in [0.4, 0.5) is 5.69 Å². The lowest BCUT2D eigenvalue weighted by Gasteiger charge is -2.43. The van der Waals surface area contributed by atoms with Gasteiger partial charge in [0.2, 0.25) is 0 Å². The van der Waals surface area contributed by atoms with E-state index in [1.54, 1.807) is 7.11 Å². The quantitative estimate of drug-likeness (QED) is 0.597. The SMILES string of the molecule is CC=CCOC1C(OC)c2cc(NCc3cccc(Cl)c3)ccc2OC1(C)C. The molecule has 1 aliphatic heterocycles. The number of fused-ring (bicyclic) bond motifs is 1. The number of halogens is 1. The molecule has 5 heteroatoms. The number of hydrogen-bond donors (Lipinski definition) is 1. The molecule has 3 rings (SSSR count). The second-order valence-electron chi connectivity index (χ2n) is 7.42. The molecule has 0 saturated heterocycles. The summed E-state index contributed by atoms with van der Waals surface area (Å²) in [5.41, 5.74) is 2.61. The lowest BCUT2D eigenvalue weighted by molar-refractivity contribution is -0.148. The average Bonchev–Trinajstić information content (AvgIpc) is 2.66. The molecule has 0 fully saturated rings. The van der Waals surface area contributed by atoms with Crippen molar-refractivity contribution in [2.24, 2.45) is 0 Å². The summed E-state index contributed by atoms with van der Waals surface area (Å²) in [4.78, 5) is 0. The molecule has 2 unspecified atom stereocenters. The van der Waals surface area contributed by atoms with Crippen molar-refractivity contribution in [3.8, 4) is 5.75 Å². The molecule has 2 aromatic rings. The third-order valence-electron chi connectivity index (χ3n) is 4.90. The first-order chi connectivity index (χ1) is 13.4. The zero-order valence-electron chi connectivity index (χ0n) is 16.9. The van der Waals surface area contributed by atoms with Crippen LogP contribution in [0.15, 0.2) is 54.6 Å². The van der Waals surface area contributed by atoms with E-state index >= 15 is 0 Å². The lowest BCUT2D eigenvalue weighted by atomic mass is 9.88. The van der Waals surface area contributed by atoms with E-state index in [1.165, 1.54) is 0 Å². The average molecular weight is 402 g/mol. The monoisotopic (exact) mass is 401 g/mol. The molecular formula is C23H28ClNO3. The van der Waals surface area contributed by atoms with Crippen molar-refractivity contribution in [3.05, 3.63) is 70.8 Å². The predicted octanol–water partition coefficient (Wildman–Crippen LogP) is 5.77. The van der Waals surface area contributed by atoms with Crippen molar-refractivity contribution in [3.63, 3.8) is 0 Å². The second kappa shape index (κ2) is 8.99. The minimum atomic E-state index is -0.495. The molecule has 1 heterocycles. The molecule has 4 nitrogen and oxygen atoms in total. The fourth-order valence-corrected chi connectivity index (χ4v) is 3.70. The van der Waals surface area contributed by atoms with E-state index in [1.807, 2.05) is 69.3 Å². The van der Waals surface area contributed by atoms with Crippen molar-refractivity contribution < 1.29 is 14.2 Å². The molecule has 150 valence electrons. The van der Waals surface area contributed by atoms with Gasteiger partial charge in [0.15, 0.2) is 0 Å². The van der Waals surface area contributed by atoms with Crippen LogP contribution in [-0.2, 0) is 16.0 Å². The Hall–Kier alpha value is -2.01. The van der Waals surface area contributed by atoms with Gasteiger partial charge in [-0.15, -0.1) is 0 Å². The number of methoxy groups -OCH3 is 1. The maximum Gasteiger partial charge on any atom is 0.132 e. The molecule has 0 spiro atoms. The zero-order valence-corrected chi connectivity index (χ0v) is 17.6. The van der Waals surface area contributed by atoms with Gasteiger partial charge < -0.3 is 19.5 Å². The van der Waals surface area contributed by atoms with Gasteiger partial charge in [-0.2, -0.15) is 0 Å². The van der Waals surface area contributed by atoms with Crippen molar-refractivity contribution in [2.45, 2.75) is 45.1 Å². The van der Waals surface area contributed by atoms with E-state index in [0.717, 1.165) is 27.6 Å². The number of ether oxygens (including phenoxy) is 3. The highest BCUT2D eigenvalue weighted by Crippen LogP contribution is 2.44. The standard InChI is InChI=1S/C23H28ClNO3/c1-5-6-12-27-22-21(26-4)19-14-18(10-11-20(19)28-23(22,2)3)25-15-16-8-7-9-17(24)13-16/h5-11,13-14,21-22,25H,12,15H2,1-4H3. The van der Waals surface area contributed by atoms with Gasteiger partial charge in [-0.1, -0.05) is 35.9 Å². The molecule has 0 aromatic heterocycles. The van der Waals surface area contributed by atoms with Gasteiger partial charge in [-0.05, 0) is 56.7 Å². The summed E-state index contributed by atoms with van der Waals surface area (Å²) in [5, 5.41) is 4.19. The highest BCUT2D eigenvalue weighted by molar-refractivity contribution is 6.30. The lowest BCUT2D eigenvalue weighted by Crippen LogP contribution is -2.50. The number of hydrogen-bond acceptors (Lipinski definition) is 4. The molecule has 1 aliphatic rings. The third kappa shape index (κ3) is 4.69. The Morgan fingerprint density at radius 2 is 2.04 bits per heavy atom. The fraction of sp³-hybridized carbons (Fsp3) is 0.391. The van der Waals surface area contributed by atoms with Crippen LogP contribution in [0.1, 0.15) is 38.0 Å². The summed E-state index contributed by atoms with van der Waals surface area (Å²) < 4.78 is 18.2. The van der Waals surface area contributed by atoms with Crippen LogP contribution in [0.25, 0.3) is 0 Å². The Morgan fingerprint density at radius 1 is 1.21 bits per heavy atom. The summed E-state index contributed by atoms with van der Waals surface area (Å²) in [6.07, 6.45) is 3.53. The van der Waals surface area contributed by atoms with E-state index < -0.39 is 5.60 Å². The first kappa shape index (κ1) is 20.7. The highest BCUT2D eigenvalue weighted by atomic mass is 35.5. The molecule has 0 bridgehead atoms. The number of benzene rings is 2. The van der Waals surface area contributed by atoms with Gasteiger partial charge in [0.05, 0.1) is 6.61 Å². The van der Waals surface area contributed by atoms with Crippen LogP contribution in [-0.4, -0.2) is 25.4 Å². The molecule has 0 saturated carbocycles. The van der Waals surface area contributed by atoms with E-state index in [9.17, 15) is 0 Å². The van der Waals surface area contributed by atoms with Gasteiger partial charge in [0.25, 0.3) is 0 Å². The predicted molar refractivity (Wildman–Crippen MR) is 114 cm³/mol. The number of anilines is 1. The Balaban J connectivity index is 1.81. The van der Waals surface area contributed by atoms with Crippen LogP contribution in [0.3, 0.4) is 0 Å². The van der Waals surface area contributed by atoms with Crippen molar-refractivity contribution in [2.75, 3.05) is 19.0 Å². The van der Waals surface area contributed by atoms with E-state index in [2.05, 4.69) is 11.4 Å². The summed E-state index contributed by atoms with van der Waals surface area (Å²) >= 11 is 6.07. The van der Waals surface area contributed by atoms with Gasteiger partial charge in [0, 0.05) is 29.9 Å². The van der Waals surface area contributed by atoms with Gasteiger partial charge in [-0.3, -0.25) is 0 Å². The molecule has 1 N–H and O–H groups in total. The summed E-state index contributed by atoms with van der Waals surface area (Å²) in [6.45, 7) is 7.26. The van der Waals surface area contributed by atoms with E-state index in [-0.39, 0.29) is 12.2 Å². The maximum absolute atomic E-state index is 6.25. The van der Waals surface area contributed by atoms with Gasteiger partial charge in [-0.25, -0.2) is 0 Å². The molecule has 0 amide bonds.